The first kappa shape index (κ1) is 13.0. The van der Waals surface area contributed by atoms with Crippen molar-refractivity contribution < 1.29 is 13.2 Å². The molecule has 0 aliphatic carbocycles. The fourth-order valence-corrected chi connectivity index (χ4v) is 3.04. The Labute approximate surface area is 106 Å². The summed E-state index contributed by atoms with van der Waals surface area (Å²) in [5.74, 6) is -0.426. The molecule has 0 radical (unpaired) electrons. The summed E-state index contributed by atoms with van der Waals surface area (Å²) in [4.78, 5) is 0.205. The molecule has 0 spiro atoms. The van der Waals surface area contributed by atoms with Crippen LogP contribution in [0.3, 0.4) is 0 Å². The van der Waals surface area contributed by atoms with E-state index in [2.05, 4.69) is 4.72 Å². The zero-order valence-electron chi connectivity index (χ0n) is 9.96. The molecule has 96 valence electrons. The zero-order valence-corrected chi connectivity index (χ0v) is 10.8. The highest BCUT2D eigenvalue weighted by Gasteiger charge is 2.32. The van der Waals surface area contributed by atoms with Gasteiger partial charge in [-0.05, 0) is 19.1 Å². The lowest BCUT2D eigenvalue weighted by molar-refractivity contribution is 0.188. The summed E-state index contributed by atoms with van der Waals surface area (Å²) in [6.07, 6.45) is 0. The monoisotopic (exact) mass is 266 g/mol. The van der Waals surface area contributed by atoms with E-state index in [4.69, 9.17) is 10.00 Å². The highest BCUT2D eigenvalue weighted by molar-refractivity contribution is 7.89. The third-order valence-electron chi connectivity index (χ3n) is 2.88. The fourth-order valence-electron chi connectivity index (χ4n) is 1.78. The van der Waals surface area contributed by atoms with Gasteiger partial charge in [0.25, 0.3) is 0 Å². The zero-order chi connectivity index (χ0) is 13.2. The Morgan fingerprint density at radius 2 is 2.00 bits per heavy atom. The van der Waals surface area contributed by atoms with Gasteiger partial charge in [-0.2, -0.15) is 5.26 Å². The minimum absolute atomic E-state index is 0.205. The lowest BCUT2D eigenvalue weighted by atomic mass is 10.1. The van der Waals surface area contributed by atoms with Crippen molar-refractivity contribution >= 4 is 10.0 Å². The second-order valence-corrected chi connectivity index (χ2v) is 6.03. The van der Waals surface area contributed by atoms with E-state index in [0.29, 0.717) is 0 Å². The van der Waals surface area contributed by atoms with Crippen molar-refractivity contribution in [3.05, 3.63) is 29.8 Å². The van der Waals surface area contributed by atoms with E-state index >= 15 is 0 Å². The van der Waals surface area contributed by atoms with Gasteiger partial charge < -0.3 is 4.74 Å². The normalized spacial score (nSPS) is 23.8. The van der Waals surface area contributed by atoms with Gasteiger partial charge in [0.1, 0.15) is 0 Å². The Bertz CT molecular complexity index is 560. The lowest BCUT2D eigenvalue weighted by Crippen LogP contribution is -2.39. The SMILES string of the molecule is Cc1ccc(S(=O)(=O)NC2COCC2C#N)cc1. The summed E-state index contributed by atoms with van der Waals surface area (Å²) in [5, 5.41) is 8.88. The van der Waals surface area contributed by atoms with E-state index in [9.17, 15) is 8.42 Å². The number of benzene rings is 1. The number of hydrogen-bond acceptors (Lipinski definition) is 4. The molecule has 18 heavy (non-hydrogen) atoms. The summed E-state index contributed by atoms with van der Waals surface area (Å²) < 4.78 is 31.8. The molecule has 2 rings (SSSR count). The third-order valence-corrected chi connectivity index (χ3v) is 4.39. The number of nitrogens with one attached hydrogen (secondary N) is 1. The van der Waals surface area contributed by atoms with Gasteiger partial charge in [-0.25, -0.2) is 13.1 Å². The van der Waals surface area contributed by atoms with Gasteiger partial charge in [-0.3, -0.25) is 0 Å². The van der Waals surface area contributed by atoms with Crippen LogP contribution in [0.1, 0.15) is 5.56 Å². The van der Waals surface area contributed by atoms with Crippen molar-refractivity contribution in [2.75, 3.05) is 13.2 Å². The molecule has 1 aromatic carbocycles. The van der Waals surface area contributed by atoms with Gasteiger partial charge in [-0.1, -0.05) is 17.7 Å². The van der Waals surface area contributed by atoms with E-state index in [0.717, 1.165) is 5.56 Å². The summed E-state index contributed by atoms with van der Waals surface area (Å²) in [5.41, 5.74) is 0.994. The maximum atomic E-state index is 12.1. The van der Waals surface area contributed by atoms with Crippen LogP contribution >= 0.6 is 0 Å². The van der Waals surface area contributed by atoms with E-state index in [-0.39, 0.29) is 18.1 Å². The molecule has 6 heteroatoms. The maximum Gasteiger partial charge on any atom is 0.240 e. The molecule has 0 saturated carbocycles. The number of nitriles is 1. The van der Waals surface area contributed by atoms with Gasteiger partial charge in [0.05, 0.1) is 36.1 Å². The molecule has 2 atom stereocenters. The molecule has 5 nitrogen and oxygen atoms in total. The van der Waals surface area contributed by atoms with E-state index in [1.165, 1.54) is 0 Å². The first-order chi connectivity index (χ1) is 8.53. The van der Waals surface area contributed by atoms with Crippen LogP contribution in [-0.2, 0) is 14.8 Å². The van der Waals surface area contributed by atoms with Crippen molar-refractivity contribution in [2.24, 2.45) is 5.92 Å². The molecule has 2 unspecified atom stereocenters. The smallest absolute Gasteiger partial charge is 0.240 e. The van der Waals surface area contributed by atoms with E-state index in [1.54, 1.807) is 24.3 Å². The molecular formula is C12H14N2O3S. The maximum absolute atomic E-state index is 12.1. The molecule has 0 bridgehead atoms. The fraction of sp³-hybridized carbons (Fsp3) is 0.417. The predicted molar refractivity (Wildman–Crippen MR) is 65.2 cm³/mol. The summed E-state index contributed by atoms with van der Waals surface area (Å²) in [6.45, 7) is 2.40. The Hall–Kier alpha value is -1.42. The standard InChI is InChI=1S/C12H14N2O3S/c1-9-2-4-11(5-3-9)18(15,16)14-12-8-17-7-10(12)6-13/h2-5,10,12,14H,7-8H2,1H3. The molecule has 1 fully saturated rings. The molecule has 0 aromatic heterocycles. The highest BCUT2D eigenvalue weighted by atomic mass is 32.2. The first-order valence-electron chi connectivity index (χ1n) is 5.59. The Balaban J connectivity index is 2.17. The average molecular weight is 266 g/mol. The molecular weight excluding hydrogens is 252 g/mol. The van der Waals surface area contributed by atoms with E-state index < -0.39 is 22.0 Å². The van der Waals surface area contributed by atoms with Gasteiger partial charge >= 0.3 is 0 Å². The van der Waals surface area contributed by atoms with Crippen LogP contribution in [0.2, 0.25) is 0 Å². The van der Waals surface area contributed by atoms with Gasteiger partial charge in [0.15, 0.2) is 0 Å². The number of aryl methyl sites for hydroxylation is 1. The van der Waals surface area contributed by atoms with Crippen LogP contribution in [-0.4, -0.2) is 27.7 Å². The Morgan fingerprint density at radius 3 is 2.61 bits per heavy atom. The molecule has 1 saturated heterocycles. The topological polar surface area (TPSA) is 79.2 Å². The van der Waals surface area contributed by atoms with Crippen LogP contribution in [0.25, 0.3) is 0 Å². The number of ether oxygens (including phenoxy) is 1. The summed E-state index contributed by atoms with van der Waals surface area (Å²) >= 11 is 0. The second-order valence-electron chi connectivity index (χ2n) is 4.31. The molecule has 1 N–H and O–H groups in total. The first-order valence-corrected chi connectivity index (χ1v) is 7.07. The van der Waals surface area contributed by atoms with Crippen molar-refractivity contribution in [3.8, 4) is 6.07 Å². The number of sulfonamides is 1. The summed E-state index contributed by atoms with van der Waals surface area (Å²) in [6, 6.07) is 8.15. The van der Waals surface area contributed by atoms with E-state index in [1.807, 2.05) is 13.0 Å². The third kappa shape index (κ3) is 2.70. The molecule has 1 heterocycles. The Morgan fingerprint density at radius 1 is 1.33 bits per heavy atom. The molecule has 1 aliphatic rings. The quantitative estimate of drug-likeness (QED) is 0.878. The van der Waals surface area contributed by atoms with Gasteiger partial charge in [-0.15, -0.1) is 0 Å². The van der Waals surface area contributed by atoms with Crippen LogP contribution in [0.15, 0.2) is 29.2 Å². The van der Waals surface area contributed by atoms with Crippen LogP contribution in [0, 0.1) is 24.2 Å². The minimum Gasteiger partial charge on any atom is -0.378 e. The van der Waals surface area contributed by atoms with Gasteiger partial charge in [0.2, 0.25) is 10.0 Å². The van der Waals surface area contributed by atoms with Crippen LogP contribution < -0.4 is 4.72 Å². The predicted octanol–water partition coefficient (Wildman–Crippen LogP) is 0.812. The second kappa shape index (κ2) is 5.06. The van der Waals surface area contributed by atoms with Gasteiger partial charge in [0, 0.05) is 0 Å². The average Bonchev–Trinajstić information content (AvgIpc) is 2.76. The molecule has 1 aromatic rings. The number of nitrogens with zero attached hydrogens (tertiary/aromatic N) is 1. The van der Waals surface area contributed by atoms with Crippen LogP contribution in [0.5, 0.6) is 0 Å². The molecule has 0 amide bonds. The Kier molecular flexibility index (Phi) is 3.66. The largest absolute Gasteiger partial charge is 0.378 e. The highest BCUT2D eigenvalue weighted by Crippen LogP contribution is 2.17. The lowest BCUT2D eigenvalue weighted by Gasteiger charge is -2.14. The minimum atomic E-state index is -3.58. The van der Waals surface area contributed by atoms with Crippen molar-refractivity contribution in [3.63, 3.8) is 0 Å². The number of hydrogen-bond donors (Lipinski definition) is 1. The van der Waals surface area contributed by atoms with Crippen LogP contribution in [0.4, 0.5) is 0 Å². The summed E-state index contributed by atoms with van der Waals surface area (Å²) in [7, 11) is -3.58. The van der Waals surface area contributed by atoms with Crippen molar-refractivity contribution in [1.82, 2.24) is 4.72 Å². The molecule has 1 aliphatic heterocycles. The van der Waals surface area contributed by atoms with Crippen molar-refractivity contribution in [2.45, 2.75) is 17.9 Å². The number of rotatable bonds is 3. The van der Waals surface area contributed by atoms with Crippen molar-refractivity contribution in [1.29, 1.82) is 5.26 Å².